The SMILES string of the molecule is C[C@@H]1Nc2nc3c(cnn3cc2F)C(=O)NC2CC(C2)Oc2ncc(F)cc21. The molecule has 3 aromatic heterocycles. The van der Waals surface area contributed by atoms with Gasteiger partial charge in [0.1, 0.15) is 17.5 Å². The topological polar surface area (TPSA) is 93.4 Å². The van der Waals surface area contributed by atoms with Gasteiger partial charge in [0.05, 0.1) is 24.6 Å². The number of anilines is 1. The molecule has 1 fully saturated rings. The smallest absolute Gasteiger partial charge is 0.256 e. The van der Waals surface area contributed by atoms with Crippen molar-refractivity contribution in [2.24, 2.45) is 0 Å². The summed E-state index contributed by atoms with van der Waals surface area (Å²) in [6.45, 7) is 1.73. The third kappa shape index (κ3) is 2.72. The van der Waals surface area contributed by atoms with E-state index in [1.807, 2.05) is 0 Å². The Kier molecular flexibility index (Phi) is 3.68. The van der Waals surface area contributed by atoms with E-state index in [1.165, 1.54) is 16.8 Å². The van der Waals surface area contributed by atoms with E-state index < -0.39 is 17.7 Å². The van der Waals surface area contributed by atoms with Crippen LogP contribution in [-0.2, 0) is 0 Å². The Hall–Kier alpha value is -3.30. The summed E-state index contributed by atoms with van der Waals surface area (Å²) in [5.74, 6) is -1.30. The van der Waals surface area contributed by atoms with Gasteiger partial charge in [-0.25, -0.2) is 23.3 Å². The zero-order valence-electron chi connectivity index (χ0n) is 14.8. The predicted molar refractivity (Wildman–Crippen MR) is 94.1 cm³/mol. The lowest BCUT2D eigenvalue weighted by Gasteiger charge is -2.36. The summed E-state index contributed by atoms with van der Waals surface area (Å²) in [5, 5.41) is 9.83. The third-order valence-electron chi connectivity index (χ3n) is 5.07. The maximum atomic E-state index is 14.5. The number of halogens is 2. The highest BCUT2D eigenvalue weighted by Gasteiger charge is 2.34. The van der Waals surface area contributed by atoms with Crippen molar-refractivity contribution in [1.82, 2.24) is 24.9 Å². The number of ether oxygens (including phenoxy) is 1. The Bertz CT molecular complexity index is 1100. The first kappa shape index (κ1) is 16.8. The molecule has 8 nitrogen and oxygen atoms in total. The fourth-order valence-corrected chi connectivity index (χ4v) is 3.49. The number of nitrogens with one attached hydrogen (secondary N) is 2. The van der Waals surface area contributed by atoms with Crippen molar-refractivity contribution in [3.8, 4) is 5.88 Å². The van der Waals surface area contributed by atoms with Gasteiger partial charge >= 0.3 is 0 Å². The Morgan fingerprint density at radius 3 is 2.89 bits per heavy atom. The number of hydrogen-bond donors (Lipinski definition) is 2. The number of carbonyl (C=O) groups excluding carboxylic acids is 1. The van der Waals surface area contributed by atoms with Crippen molar-refractivity contribution in [3.05, 3.63) is 47.4 Å². The number of aromatic nitrogens is 4. The number of pyridine rings is 1. The monoisotopic (exact) mass is 386 g/mol. The van der Waals surface area contributed by atoms with E-state index in [0.717, 1.165) is 12.4 Å². The molecule has 28 heavy (non-hydrogen) atoms. The number of fused-ring (bicyclic) bond motifs is 2. The lowest BCUT2D eigenvalue weighted by atomic mass is 9.89. The van der Waals surface area contributed by atoms with Gasteiger partial charge in [0, 0.05) is 24.4 Å². The molecular formula is C18H16F2N6O2. The quantitative estimate of drug-likeness (QED) is 0.616. The molecule has 4 bridgehead atoms. The summed E-state index contributed by atoms with van der Waals surface area (Å²) in [4.78, 5) is 20.9. The second-order valence-electron chi connectivity index (χ2n) is 7.06. The van der Waals surface area contributed by atoms with Gasteiger partial charge in [0.25, 0.3) is 5.91 Å². The van der Waals surface area contributed by atoms with Crippen LogP contribution in [0, 0.1) is 11.6 Å². The van der Waals surface area contributed by atoms with Crippen molar-refractivity contribution in [3.63, 3.8) is 0 Å². The lowest BCUT2D eigenvalue weighted by Crippen LogP contribution is -2.49. The minimum atomic E-state index is -0.656. The van der Waals surface area contributed by atoms with E-state index >= 15 is 0 Å². The number of amides is 1. The van der Waals surface area contributed by atoms with E-state index in [1.54, 1.807) is 6.92 Å². The predicted octanol–water partition coefficient (Wildman–Crippen LogP) is 2.23. The van der Waals surface area contributed by atoms with E-state index in [4.69, 9.17) is 4.74 Å². The maximum absolute atomic E-state index is 14.5. The molecule has 0 radical (unpaired) electrons. The number of carbonyl (C=O) groups is 1. The highest BCUT2D eigenvalue weighted by atomic mass is 19.1. The minimum Gasteiger partial charge on any atom is -0.474 e. The molecule has 1 atom stereocenters. The average Bonchev–Trinajstić information content (AvgIpc) is 3.03. The van der Waals surface area contributed by atoms with E-state index in [-0.39, 0.29) is 41.0 Å². The van der Waals surface area contributed by atoms with Crippen LogP contribution >= 0.6 is 0 Å². The molecule has 5 heterocycles. The van der Waals surface area contributed by atoms with Crippen molar-refractivity contribution in [1.29, 1.82) is 0 Å². The van der Waals surface area contributed by atoms with Gasteiger partial charge < -0.3 is 15.4 Å². The Balaban J connectivity index is 1.63. The first-order valence-corrected chi connectivity index (χ1v) is 8.91. The van der Waals surface area contributed by atoms with Crippen LogP contribution in [0.2, 0.25) is 0 Å². The van der Waals surface area contributed by atoms with Crippen LogP contribution in [0.3, 0.4) is 0 Å². The highest BCUT2D eigenvalue weighted by Crippen LogP contribution is 2.32. The summed E-state index contributed by atoms with van der Waals surface area (Å²) >= 11 is 0. The largest absolute Gasteiger partial charge is 0.474 e. The molecule has 1 aliphatic carbocycles. The van der Waals surface area contributed by atoms with Gasteiger partial charge in [0.15, 0.2) is 17.3 Å². The molecule has 10 heteroatoms. The molecule has 0 saturated heterocycles. The Labute approximate surface area is 157 Å². The zero-order chi connectivity index (χ0) is 19.4. The fourth-order valence-electron chi connectivity index (χ4n) is 3.49. The highest BCUT2D eigenvalue weighted by molar-refractivity contribution is 6.00. The molecule has 2 aliphatic heterocycles. The summed E-state index contributed by atoms with van der Waals surface area (Å²) in [6, 6.07) is 0.709. The molecule has 1 amide bonds. The molecular weight excluding hydrogens is 370 g/mol. The van der Waals surface area contributed by atoms with Crippen LogP contribution in [0.4, 0.5) is 14.6 Å². The summed E-state index contributed by atoms with van der Waals surface area (Å²) < 4.78 is 35.4. The standard InChI is InChI=1S/C18H16F2N6O2/c1-8-12-2-9(19)5-21-18(12)28-11-3-10(4-11)24-17(27)13-6-22-26-7-14(20)15(23-8)25-16(13)26/h2,5-8,10-11H,3-4H2,1H3,(H,23,25)(H,24,27)/t8-,10?,11?/m0/s1. The van der Waals surface area contributed by atoms with Crippen LogP contribution in [0.5, 0.6) is 5.88 Å². The molecule has 2 N–H and O–H groups in total. The average molecular weight is 386 g/mol. The third-order valence-corrected chi connectivity index (χ3v) is 5.07. The van der Waals surface area contributed by atoms with E-state index in [9.17, 15) is 13.6 Å². The molecule has 1 saturated carbocycles. The van der Waals surface area contributed by atoms with Crippen molar-refractivity contribution < 1.29 is 18.3 Å². The maximum Gasteiger partial charge on any atom is 0.256 e. The molecule has 0 aromatic carbocycles. The molecule has 0 unspecified atom stereocenters. The van der Waals surface area contributed by atoms with E-state index in [0.29, 0.717) is 18.4 Å². The van der Waals surface area contributed by atoms with Gasteiger partial charge in [-0.1, -0.05) is 0 Å². The molecule has 144 valence electrons. The molecule has 3 aromatic rings. The van der Waals surface area contributed by atoms with Gasteiger partial charge in [-0.3, -0.25) is 4.79 Å². The van der Waals surface area contributed by atoms with Gasteiger partial charge in [-0.15, -0.1) is 0 Å². The normalized spacial score (nSPS) is 23.8. The second kappa shape index (κ2) is 6.11. The number of hydrogen-bond acceptors (Lipinski definition) is 6. The van der Waals surface area contributed by atoms with Crippen LogP contribution in [-0.4, -0.2) is 37.6 Å². The van der Waals surface area contributed by atoms with Crippen LogP contribution in [0.15, 0.2) is 24.7 Å². The van der Waals surface area contributed by atoms with Crippen molar-refractivity contribution in [2.75, 3.05) is 5.32 Å². The summed E-state index contributed by atoms with van der Waals surface area (Å²) in [6.07, 6.45) is 4.66. The zero-order valence-corrected chi connectivity index (χ0v) is 14.8. The first-order valence-electron chi connectivity index (χ1n) is 8.91. The van der Waals surface area contributed by atoms with Gasteiger partial charge in [-0.2, -0.15) is 5.10 Å². The fraction of sp³-hybridized carbons (Fsp3) is 0.333. The Morgan fingerprint density at radius 2 is 2.07 bits per heavy atom. The Morgan fingerprint density at radius 1 is 1.25 bits per heavy atom. The van der Waals surface area contributed by atoms with Crippen molar-refractivity contribution in [2.45, 2.75) is 38.0 Å². The summed E-state index contributed by atoms with van der Waals surface area (Å²) in [7, 11) is 0. The van der Waals surface area contributed by atoms with Gasteiger partial charge in [-0.05, 0) is 13.0 Å². The second-order valence-corrected chi connectivity index (χ2v) is 7.06. The van der Waals surface area contributed by atoms with E-state index in [2.05, 4.69) is 25.7 Å². The minimum absolute atomic E-state index is 0.0604. The number of rotatable bonds is 0. The van der Waals surface area contributed by atoms with Crippen LogP contribution < -0.4 is 15.4 Å². The van der Waals surface area contributed by atoms with Crippen LogP contribution in [0.25, 0.3) is 5.65 Å². The summed E-state index contributed by atoms with van der Waals surface area (Å²) in [5.41, 5.74) is 0.944. The van der Waals surface area contributed by atoms with Gasteiger partial charge in [0.2, 0.25) is 5.88 Å². The first-order chi connectivity index (χ1) is 13.5. The van der Waals surface area contributed by atoms with Crippen molar-refractivity contribution >= 4 is 17.4 Å². The lowest BCUT2D eigenvalue weighted by molar-refractivity contribution is 0.0671. The molecule has 0 spiro atoms. The molecule has 3 aliphatic rings. The van der Waals surface area contributed by atoms with Crippen LogP contribution in [0.1, 0.15) is 41.7 Å². The molecule has 6 rings (SSSR count). The number of nitrogens with zero attached hydrogens (tertiary/aromatic N) is 4.